The number of pyridine rings is 1. The molecule has 0 aliphatic carbocycles. The molecule has 1 aromatic heterocycles. The zero-order valence-electron chi connectivity index (χ0n) is 8.65. The van der Waals surface area contributed by atoms with Gasteiger partial charge in [0.25, 0.3) is 5.88 Å². The predicted octanol–water partition coefficient (Wildman–Crippen LogP) is 1.37. The van der Waals surface area contributed by atoms with E-state index < -0.39 is 0 Å². The highest BCUT2D eigenvalue weighted by molar-refractivity contribution is 5.36. The molecule has 4 heteroatoms. The number of hydrogen-bond donors (Lipinski definition) is 1. The number of methoxy groups -OCH3 is 1. The van der Waals surface area contributed by atoms with Gasteiger partial charge in [0.15, 0.2) is 5.75 Å². The summed E-state index contributed by atoms with van der Waals surface area (Å²) in [6.45, 7) is 3.79. The van der Waals surface area contributed by atoms with E-state index in [0.717, 1.165) is 0 Å². The Hall–Kier alpha value is -1.29. The van der Waals surface area contributed by atoms with E-state index in [1.165, 1.54) is 7.11 Å². The number of rotatable bonds is 4. The maximum absolute atomic E-state index is 8.92. The van der Waals surface area contributed by atoms with Crippen LogP contribution in [0.4, 0.5) is 0 Å². The highest BCUT2D eigenvalue weighted by Gasteiger charge is 2.08. The summed E-state index contributed by atoms with van der Waals surface area (Å²) in [5, 5.41) is 8.92. The second-order valence-corrected chi connectivity index (χ2v) is 3.18. The van der Waals surface area contributed by atoms with Gasteiger partial charge in [0, 0.05) is 6.20 Å². The fraction of sp³-hybridized carbons (Fsp3) is 0.500. The molecule has 0 unspecified atom stereocenters. The molecule has 1 aromatic rings. The van der Waals surface area contributed by atoms with Gasteiger partial charge in [-0.05, 0) is 25.5 Å². The summed E-state index contributed by atoms with van der Waals surface area (Å²) >= 11 is 0. The van der Waals surface area contributed by atoms with Crippen LogP contribution in [0.5, 0.6) is 11.6 Å². The largest absolute Gasteiger partial charge is 0.485 e. The maximum atomic E-state index is 8.92. The van der Waals surface area contributed by atoms with Crippen molar-refractivity contribution in [1.82, 2.24) is 4.98 Å². The molecule has 0 aromatic carbocycles. The van der Waals surface area contributed by atoms with Gasteiger partial charge in [0.05, 0.1) is 19.8 Å². The molecule has 0 aliphatic heterocycles. The minimum atomic E-state index is -0.0501. The van der Waals surface area contributed by atoms with E-state index in [9.17, 15) is 0 Å². The summed E-state index contributed by atoms with van der Waals surface area (Å²) in [5.74, 6) is 1.00. The first kappa shape index (κ1) is 10.8. The third-order valence-electron chi connectivity index (χ3n) is 1.61. The molecular weight excluding hydrogens is 182 g/mol. The molecule has 14 heavy (non-hydrogen) atoms. The molecule has 1 N–H and O–H groups in total. The minimum absolute atomic E-state index is 0.0501. The SMILES string of the molecule is COc1ncc(CO)cc1OC(C)C. The molecule has 0 amide bonds. The molecule has 1 rings (SSSR count). The maximum Gasteiger partial charge on any atom is 0.256 e. The molecule has 0 spiro atoms. The first-order valence-electron chi connectivity index (χ1n) is 4.47. The topological polar surface area (TPSA) is 51.6 Å². The van der Waals surface area contributed by atoms with Crippen LogP contribution in [0.3, 0.4) is 0 Å². The van der Waals surface area contributed by atoms with E-state index in [4.69, 9.17) is 14.6 Å². The standard InChI is InChI=1S/C10H15NO3/c1-7(2)14-9-4-8(6-12)5-11-10(9)13-3/h4-5,7,12H,6H2,1-3H3. The second kappa shape index (κ2) is 4.81. The minimum Gasteiger partial charge on any atom is -0.485 e. The molecule has 1 heterocycles. The highest BCUT2D eigenvalue weighted by atomic mass is 16.5. The van der Waals surface area contributed by atoms with Gasteiger partial charge in [-0.25, -0.2) is 4.98 Å². The van der Waals surface area contributed by atoms with Crippen molar-refractivity contribution in [2.24, 2.45) is 0 Å². The van der Waals surface area contributed by atoms with Crippen LogP contribution in [0.15, 0.2) is 12.3 Å². The Kier molecular flexibility index (Phi) is 3.71. The lowest BCUT2D eigenvalue weighted by molar-refractivity contribution is 0.225. The Bertz CT molecular complexity index is 299. The van der Waals surface area contributed by atoms with Crippen LogP contribution in [0.25, 0.3) is 0 Å². The fourth-order valence-corrected chi connectivity index (χ4v) is 1.05. The van der Waals surface area contributed by atoms with E-state index in [-0.39, 0.29) is 12.7 Å². The van der Waals surface area contributed by atoms with E-state index in [0.29, 0.717) is 17.2 Å². The van der Waals surface area contributed by atoms with Gasteiger partial charge in [-0.3, -0.25) is 0 Å². The van der Waals surface area contributed by atoms with E-state index in [2.05, 4.69) is 4.98 Å². The summed E-state index contributed by atoms with van der Waals surface area (Å²) in [6, 6.07) is 1.73. The van der Waals surface area contributed by atoms with Crippen molar-refractivity contribution in [2.45, 2.75) is 26.6 Å². The van der Waals surface area contributed by atoms with Gasteiger partial charge < -0.3 is 14.6 Å². The summed E-state index contributed by atoms with van der Waals surface area (Å²) in [5.41, 5.74) is 0.710. The molecule has 0 fully saturated rings. The molecule has 0 atom stereocenters. The van der Waals surface area contributed by atoms with Crippen molar-refractivity contribution < 1.29 is 14.6 Å². The normalized spacial score (nSPS) is 10.4. The van der Waals surface area contributed by atoms with Crippen molar-refractivity contribution in [3.63, 3.8) is 0 Å². The van der Waals surface area contributed by atoms with Gasteiger partial charge in [-0.2, -0.15) is 0 Å². The van der Waals surface area contributed by atoms with Crippen LogP contribution in [-0.4, -0.2) is 23.3 Å². The fourth-order valence-electron chi connectivity index (χ4n) is 1.05. The number of aliphatic hydroxyl groups is 1. The molecule has 0 saturated carbocycles. The Morgan fingerprint density at radius 2 is 2.21 bits per heavy atom. The van der Waals surface area contributed by atoms with Gasteiger partial charge in [-0.15, -0.1) is 0 Å². The van der Waals surface area contributed by atoms with E-state index in [1.807, 2.05) is 13.8 Å². The Morgan fingerprint density at radius 1 is 1.50 bits per heavy atom. The summed E-state index contributed by atoms with van der Waals surface area (Å²) in [4.78, 5) is 4.01. The Morgan fingerprint density at radius 3 is 2.71 bits per heavy atom. The highest BCUT2D eigenvalue weighted by Crippen LogP contribution is 2.25. The van der Waals surface area contributed by atoms with Crippen molar-refractivity contribution in [1.29, 1.82) is 0 Å². The van der Waals surface area contributed by atoms with Gasteiger partial charge in [0.1, 0.15) is 0 Å². The number of ether oxygens (including phenoxy) is 2. The number of aliphatic hydroxyl groups excluding tert-OH is 1. The van der Waals surface area contributed by atoms with Gasteiger partial charge >= 0.3 is 0 Å². The van der Waals surface area contributed by atoms with Crippen LogP contribution in [0.1, 0.15) is 19.4 Å². The van der Waals surface area contributed by atoms with Crippen molar-refractivity contribution in [2.75, 3.05) is 7.11 Å². The molecule has 0 radical (unpaired) electrons. The third kappa shape index (κ3) is 2.60. The molecule has 0 aliphatic rings. The lowest BCUT2D eigenvalue weighted by Gasteiger charge is -2.13. The molecule has 0 saturated heterocycles. The van der Waals surface area contributed by atoms with Crippen LogP contribution in [-0.2, 0) is 6.61 Å². The zero-order chi connectivity index (χ0) is 10.6. The summed E-state index contributed by atoms with van der Waals surface area (Å²) < 4.78 is 10.5. The lowest BCUT2D eigenvalue weighted by Crippen LogP contribution is -2.07. The number of nitrogens with zero attached hydrogens (tertiary/aromatic N) is 1. The molecule has 78 valence electrons. The second-order valence-electron chi connectivity index (χ2n) is 3.18. The van der Waals surface area contributed by atoms with E-state index >= 15 is 0 Å². The molecule has 0 bridgehead atoms. The number of hydrogen-bond acceptors (Lipinski definition) is 4. The Balaban J connectivity index is 2.96. The Labute approximate surface area is 83.5 Å². The van der Waals surface area contributed by atoms with Crippen molar-refractivity contribution >= 4 is 0 Å². The summed E-state index contributed by atoms with van der Waals surface area (Å²) in [6.07, 6.45) is 1.62. The first-order valence-corrected chi connectivity index (χ1v) is 4.47. The first-order chi connectivity index (χ1) is 6.67. The zero-order valence-corrected chi connectivity index (χ0v) is 8.65. The summed E-state index contributed by atoms with van der Waals surface area (Å²) in [7, 11) is 1.54. The third-order valence-corrected chi connectivity index (χ3v) is 1.61. The van der Waals surface area contributed by atoms with Crippen LogP contribution in [0, 0.1) is 0 Å². The van der Waals surface area contributed by atoms with Crippen LogP contribution in [0.2, 0.25) is 0 Å². The predicted molar refractivity (Wildman–Crippen MR) is 52.5 cm³/mol. The quantitative estimate of drug-likeness (QED) is 0.792. The van der Waals surface area contributed by atoms with Crippen molar-refractivity contribution in [3.8, 4) is 11.6 Å². The molecular formula is C10H15NO3. The smallest absolute Gasteiger partial charge is 0.256 e. The average molecular weight is 197 g/mol. The van der Waals surface area contributed by atoms with E-state index in [1.54, 1.807) is 12.3 Å². The lowest BCUT2D eigenvalue weighted by atomic mass is 10.3. The van der Waals surface area contributed by atoms with Gasteiger partial charge in [-0.1, -0.05) is 0 Å². The monoisotopic (exact) mass is 197 g/mol. The van der Waals surface area contributed by atoms with Crippen LogP contribution < -0.4 is 9.47 Å². The molecule has 4 nitrogen and oxygen atoms in total. The van der Waals surface area contributed by atoms with Gasteiger partial charge in [0.2, 0.25) is 0 Å². The van der Waals surface area contributed by atoms with Crippen LogP contribution >= 0.6 is 0 Å². The number of aromatic nitrogens is 1. The van der Waals surface area contributed by atoms with Crippen molar-refractivity contribution in [3.05, 3.63) is 17.8 Å². The average Bonchev–Trinajstić information content (AvgIpc) is 2.16.